The normalized spacial score (nSPS) is 20.7. The van der Waals surface area contributed by atoms with E-state index in [-0.39, 0.29) is 24.0 Å². The SMILES string of the molecule is CC(C)C(CN=C(Nc1ccccc1)N1CCCCC1)N1CCN(C)CC1.I. The summed E-state index contributed by atoms with van der Waals surface area (Å²) in [5.74, 6) is 1.66. The number of hydrogen-bond donors (Lipinski definition) is 1. The molecule has 158 valence electrons. The Hall–Kier alpha value is -0.860. The van der Waals surface area contributed by atoms with Crippen molar-refractivity contribution in [3.05, 3.63) is 30.3 Å². The molecule has 2 saturated heterocycles. The lowest BCUT2D eigenvalue weighted by molar-refractivity contribution is 0.0924. The Bertz CT molecular complexity index is 578. The molecule has 0 amide bonds. The van der Waals surface area contributed by atoms with Crippen molar-refractivity contribution >= 4 is 35.6 Å². The van der Waals surface area contributed by atoms with E-state index in [0.717, 1.165) is 57.5 Å². The molecule has 5 nitrogen and oxygen atoms in total. The van der Waals surface area contributed by atoms with E-state index in [0.29, 0.717) is 12.0 Å². The maximum Gasteiger partial charge on any atom is 0.198 e. The highest BCUT2D eigenvalue weighted by atomic mass is 127. The van der Waals surface area contributed by atoms with Crippen molar-refractivity contribution in [2.75, 3.05) is 58.2 Å². The summed E-state index contributed by atoms with van der Waals surface area (Å²) >= 11 is 0. The van der Waals surface area contributed by atoms with Crippen LogP contribution in [0.2, 0.25) is 0 Å². The van der Waals surface area contributed by atoms with E-state index in [4.69, 9.17) is 4.99 Å². The van der Waals surface area contributed by atoms with Crippen LogP contribution in [0.4, 0.5) is 5.69 Å². The number of guanidine groups is 1. The molecule has 6 heteroatoms. The van der Waals surface area contributed by atoms with Crippen LogP contribution in [-0.2, 0) is 0 Å². The van der Waals surface area contributed by atoms with Gasteiger partial charge in [0.05, 0.1) is 6.54 Å². The smallest absolute Gasteiger partial charge is 0.198 e. The molecule has 1 atom stereocenters. The van der Waals surface area contributed by atoms with Gasteiger partial charge in [0.1, 0.15) is 0 Å². The van der Waals surface area contributed by atoms with Crippen molar-refractivity contribution in [3.8, 4) is 0 Å². The van der Waals surface area contributed by atoms with Gasteiger partial charge in [-0.15, -0.1) is 24.0 Å². The van der Waals surface area contributed by atoms with Gasteiger partial charge in [-0.3, -0.25) is 9.89 Å². The number of piperazine rings is 1. The fourth-order valence-corrected chi connectivity index (χ4v) is 4.06. The maximum absolute atomic E-state index is 5.13. The molecule has 2 fully saturated rings. The number of para-hydroxylation sites is 1. The molecular weight excluding hydrogens is 461 g/mol. The lowest BCUT2D eigenvalue weighted by Crippen LogP contribution is -2.52. The first kappa shape index (κ1) is 23.4. The van der Waals surface area contributed by atoms with Crippen LogP contribution in [0.1, 0.15) is 33.1 Å². The Kier molecular flexibility index (Phi) is 10.0. The van der Waals surface area contributed by atoms with Crippen molar-refractivity contribution < 1.29 is 0 Å². The quantitative estimate of drug-likeness (QED) is 0.380. The average Bonchev–Trinajstić information content (AvgIpc) is 2.70. The zero-order valence-corrected chi connectivity index (χ0v) is 20.1. The van der Waals surface area contributed by atoms with Gasteiger partial charge >= 0.3 is 0 Å². The van der Waals surface area contributed by atoms with Gasteiger partial charge in [-0.1, -0.05) is 32.0 Å². The van der Waals surface area contributed by atoms with E-state index >= 15 is 0 Å². The Morgan fingerprint density at radius 1 is 0.964 bits per heavy atom. The molecular formula is C22H38IN5. The third kappa shape index (κ3) is 6.88. The van der Waals surface area contributed by atoms with Crippen LogP contribution in [0.15, 0.2) is 35.3 Å². The lowest BCUT2D eigenvalue weighted by atomic mass is 10.0. The van der Waals surface area contributed by atoms with E-state index in [1.54, 1.807) is 0 Å². The zero-order chi connectivity index (χ0) is 19.1. The van der Waals surface area contributed by atoms with Crippen LogP contribution in [0.25, 0.3) is 0 Å². The van der Waals surface area contributed by atoms with Crippen molar-refractivity contribution in [1.29, 1.82) is 0 Å². The highest BCUT2D eigenvalue weighted by molar-refractivity contribution is 14.0. The standard InChI is InChI=1S/C22H37N5.HI/c1-19(2)21(26-16-14-25(3)15-17-26)18-23-22(27-12-8-5-9-13-27)24-20-10-6-4-7-11-20;/h4,6-7,10-11,19,21H,5,8-9,12-18H2,1-3H3,(H,23,24);1H. The van der Waals surface area contributed by atoms with Crippen molar-refractivity contribution in [2.24, 2.45) is 10.9 Å². The van der Waals surface area contributed by atoms with E-state index in [1.807, 2.05) is 0 Å². The minimum Gasteiger partial charge on any atom is -0.343 e. The number of benzene rings is 1. The summed E-state index contributed by atoms with van der Waals surface area (Å²) in [5, 5.41) is 3.60. The second-order valence-corrected chi connectivity index (χ2v) is 8.35. The molecule has 2 heterocycles. The first-order valence-corrected chi connectivity index (χ1v) is 10.7. The minimum absolute atomic E-state index is 0. The largest absolute Gasteiger partial charge is 0.343 e. The molecule has 2 aliphatic heterocycles. The van der Waals surface area contributed by atoms with E-state index < -0.39 is 0 Å². The topological polar surface area (TPSA) is 34.1 Å². The number of aliphatic imine (C=N–C) groups is 1. The summed E-state index contributed by atoms with van der Waals surface area (Å²) in [6.45, 7) is 12.4. The van der Waals surface area contributed by atoms with E-state index in [1.165, 1.54) is 19.3 Å². The molecule has 1 aromatic carbocycles. The van der Waals surface area contributed by atoms with Crippen molar-refractivity contribution in [1.82, 2.24) is 14.7 Å². The Balaban J connectivity index is 0.00000280. The Labute approximate surface area is 188 Å². The second kappa shape index (κ2) is 12.0. The molecule has 0 spiro atoms. The molecule has 0 aliphatic carbocycles. The lowest BCUT2D eigenvalue weighted by Gasteiger charge is -2.39. The highest BCUT2D eigenvalue weighted by Crippen LogP contribution is 2.16. The summed E-state index contributed by atoms with van der Waals surface area (Å²) in [6.07, 6.45) is 3.87. The second-order valence-electron chi connectivity index (χ2n) is 8.35. The number of rotatable bonds is 5. The molecule has 0 bridgehead atoms. The minimum atomic E-state index is 0. The van der Waals surface area contributed by atoms with Crippen LogP contribution in [0.5, 0.6) is 0 Å². The molecule has 0 aromatic heterocycles. The molecule has 1 N–H and O–H groups in total. The number of halogens is 1. The third-order valence-corrected chi connectivity index (χ3v) is 5.89. The fraction of sp³-hybridized carbons (Fsp3) is 0.682. The Morgan fingerprint density at radius 2 is 1.61 bits per heavy atom. The summed E-state index contributed by atoms with van der Waals surface area (Å²) in [6, 6.07) is 11.0. The molecule has 2 aliphatic rings. The highest BCUT2D eigenvalue weighted by Gasteiger charge is 2.25. The summed E-state index contributed by atoms with van der Waals surface area (Å²) in [5.41, 5.74) is 1.13. The monoisotopic (exact) mass is 499 g/mol. The van der Waals surface area contributed by atoms with Crippen LogP contribution < -0.4 is 5.32 Å². The number of piperidine rings is 1. The number of nitrogens with one attached hydrogen (secondary N) is 1. The molecule has 28 heavy (non-hydrogen) atoms. The first-order valence-electron chi connectivity index (χ1n) is 10.7. The molecule has 0 radical (unpaired) electrons. The number of likely N-dealkylation sites (N-methyl/N-ethyl adjacent to an activating group) is 1. The Morgan fingerprint density at radius 3 is 2.21 bits per heavy atom. The molecule has 1 unspecified atom stereocenters. The van der Waals surface area contributed by atoms with Crippen LogP contribution in [0.3, 0.4) is 0 Å². The average molecular weight is 499 g/mol. The third-order valence-electron chi connectivity index (χ3n) is 5.89. The fourth-order valence-electron chi connectivity index (χ4n) is 4.06. The predicted octanol–water partition coefficient (Wildman–Crippen LogP) is 3.83. The van der Waals surface area contributed by atoms with E-state index in [9.17, 15) is 0 Å². The van der Waals surface area contributed by atoms with Crippen LogP contribution in [-0.4, -0.2) is 79.6 Å². The van der Waals surface area contributed by atoms with Crippen LogP contribution >= 0.6 is 24.0 Å². The summed E-state index contributed by atoms with van der Waals surface area (Å²) in [4.78, 5) is 12.6. The predicted molar refractivity (Wildman–Crippen MR) is 131 cm³/mol. The van der Waals surface area contributed by atoms with Gasteiger partial charge in [0.25, 0.3) is 0 Å². The zero-order valence-electron chi connectivity index (χ0n) is 17.8. The van der Waals surface area contributed by atoms with Gasteiger partial charge in [0, 0.05) is 51.0 Å². The summed E-state index contributed by atoms with van der Waals surface area (Å²) < 4.78 is 0. The number of likely N-dealkylation sites (tertiary alicyclic amines) is 1. The van der Waals surface area contributed by atoms with Gasteiger partial charge in [0.2, 0.25) is 0 Å². The van der Waals surface area contributed by atoms with Gasteiger partial charge in [-0.2, -0.15) is 0 Å². The van der Waals surface area contributed by atoms with Gasteiger partial charge in [-0.05, 0) is 44.4 Å². The van der Waals surface area contributed by atoms with Gasteiger partial charge in [0.15, 0.2) is 5.96 Å². The van der Waals surface area contributed by atoms with E-state index in [2.05, 4.69) is 71.2 Å². The van der Waals surface area contributed by atoms with Gasteiger partial charge < -0.3 is 15.1 Å². The van der Waals surface area contributed by atoms with Gasteiger partial charge in [-0.25, -0.2) is 0 Å². The number of nitrogens with zero attached hydrogens (tertiary/aromatic N) is 4. The molecule has 3 rings (SSSR count). The summed E-state index contributed by atoms with van der Waals surface area (Å²) in [7, 11) is 2.22. The molecule has 0 saturated carbocycles. The first-order chi connectivity index (χ1) is 13.1. The van der Waals surface area contributed by atoms with Crippen LogP contribution in [0, 0.1) is 5.92 Å². The van der Waals surface area contributed by atoms with Crippen molar-refractivity contribution in [2.45, 2.75) is 39.2 Å². The molecule has 1 aromatic rings. The maximum atomic E-state index is 5.13. The number of anilines is 1. The number of hydrogen-bond acceptors (Lipinski definition) is 3. The van der Waals surface area contributed by atoms with Crippen molar-refractivity contribution in [3.63, 3.8) is 0 Å².